The van der Waals surface area contributed by atoms with Crippen molar-refractivity contribution in [3.05, 3.63) is 0 Å². The Bertz CT molecular complexity index is 765. The molecule has 1 amide bonds. The summed E-state index contributed by atoms with van der Waals surface area (Å²) in [4.78, 5) is 25.3. The summed E-state index contributed by atoms with van der Waals surface area (Å²) >= 11 is 0. The van der Waals surface area contributed by atoms with E-state index in [1.54, 1.807) is 27.7 Å². The zero-order valence-electron chi connectivity index (χ0n) is 23.5. The van der Waals surface area contributed by atoms with E-state index >= 15 is 0 Å². The van der Waals surface area contributed by atoms with Gasteiger partial charge in [-0.05, 0) is 64.2 Å². The molecule has 1 saturated carbocycles. The molecule has 2 N–H and O–H groups in total. The van der Waals surface area contributed by atoms with Crippen molar-refractivity contribution in [3.8, 4) is 0 Å². The van der Waals surface area contributed by atoms with Gasteiger partial charge in [-0.25, -0.2) is 10.2 Å². The molecule has 0 radical (unpaired) electrons. The van der Waals surface area contributed by atoms with Crippen LogP contribution in [-0.2, 0) is 27.9 Å². The molecule has 1 unspecified atom stereocenters. The Kier molecular flexibility index (Phi) is 14.2. The van der Waals surface area contributed by atoms with Crippen molar-refractivity contribution in [3.63, 3.8) is 0 Å². The Labute approximate surface area is 217 Å². The molecule has 5 atom stereocenters. The number of ether oxygens (including phenoxy) is 2. The van der Waals surface area contributed by atoms with Crippen molar-refractivity contribution in [2.24, 2.45) is 28.8 Å². The molecule has 0 aromatic rings. The van der Waals surface area contributed by atoms with Gasteiger partial charge in [0.05, 0.1) is 25.5 Å². The van der Waals surface area contributed by atoms with Gasteiger partial charge in [0.2, 0.25) is 0 Å². The average Bonchev–Trinajstić information content (AvgIpc) is 2.78. The molecular weight excluding hydrogens is 485 g/mol. The topological polar surface area (TPSA) is 125 Å². The SMILES string of the molecule is CCOC(=O)[C@@H](NC(/C(C)=N/NC(=O)O[C@@H]1C[C@H](C)CC[C@H]1C(C)C)P(=O)(OCC)OCC)C(C)C. The first-order chi connectivity index (χ1) is 16.9. The summed E-state index contributed by atoms with van der Waals surface area (Å²) in [5.74, 6) is -0.589. The van der Waals surface area contributed by atoms with E-state index in [2.05, 4.69) is 36.6 Å². The number of esters is 1. The molecule has 0 aromatic heterocycles. The first-order valence-corrected chi connectivity index (χ1v) is 14.8. The first kappa shape index (κ1) is 32.5. The first-order valence-electron chi connectivity index (χ1n) is 13.2. The molecule has 0 heterocycles. The minimum atomic E-state index is -3.81. The molecule has 10 nitrogen and oxygen atoms in total. The van der Waals surface area contributed by atoms with Crippen LogP contribution in [0, 0.1) is 23.7 Å². The summed E-state index contributed by atoms with van der Waals surface area (Å²) in [6.07, 6.45) is 2.08. The molecule has 0 spiro atoms. The van der Waals surface area contributed by atoms with Gasteiger partial charge in [0.1, 0.15) is 12.1 Å². The largest absolute Gasteiger partial charge is 0.465 e. The smallest absolute Gasteiger partial charge is 0.428 e. The molecule has 0 aromatic carbocycles. The lowest BCUT2D eigenvalue weighted by atomic mass is 9.75. The van der Waals surface area contributed by atoms with Crippen LogP contribution in [0.25, 0.3) is 0 Å². The summed E-state index contributed by atoms with van der Waals surface area (Å²) in [5.41, 5.74) is 2.66. The van der Waals surface area contributed by atoms with Gasteiger partial charge in [-0.2, -0.15) is 5.10 Å². The Morgan fingerprint density at radius 3 is 2.14 bits per heavy atom. The number of carbonyl (C=O) groups is 2. The summed E-state index contributed by atoms with van der Waals surface area (Å²) < 4.78 is 35.8. The fraction of sp³-hybridized carbons (Fsp3) is 0.880. The molecule has 1 aliphatic rings. The quantitative estimate of drug-likeness (QED) is 0.133. The zero-order valence-corrected chi connectivity index (χ0v) is 24.4. The number of hydrogen-bond acceptors (Lipinski definition) is 9. The maximum absolute atomic E-state index is 13.7. The monoisotopic (exact) mass is 533 g/mol. The Morgan fingerprint density at radius 2 is 1.64 bits per heavy atom. The third-order valence-corrected chi connectivity index (χ3v) is 8.81. The van der Waals surface area contributed by atoms with E-state index in [0.29, 0.717) is 17.8 Å². The highest BCUT2D eigenvalue weighted by Crippen LogP contribution is 2.52. The standard InChI is InChI=1S/C25H48N3O7P/c1-10-32-24(29)22(17(6)7)26-23(36(31,33-11-2)34-12-3)19(9)27-28-25(30)35-21-15-18(8)13-14-20(21)16(4)5/h16-18,20-23,26H,10-15H2,1-9H3,(H,28,30)/b27-19+/t18-,20+,21-,22+,23?/m1/s1. The second-order valence-corrected chi connectivity index (χ2v) is 12.2. The van der Waals surface area contributed by atoms with Crippen LogP contribution in [0.2, 0.25) is 0 Å². The van der Waals surface area contributed by atoms with Crippen LogP contribution in [0.3, 0.4) is 0 Å². The van der Waals surface area contributed by atoms with Crippen molar-refractivity contribution in [1.29, 1.82) is 0 Å². The second-order valence-electron chi connectivity index (χ2n) is 10.1. The molecule has 1 rings (SSSR count). The number of rotatable bonds is 14. The Morgan fingerprint density at radius 1 is 1.03 bits per heavy atom. The predicted molar refractivity (Wildman–Crippen MR) is 141 cm³/mol. The third-order valence-electron chi connectivity index (χ3n) is 6.42. The second kappa shape index (κ2) is 15.7. The van der Waals surface area contributed by atoms with Gasteiger partial charge >= 0.3 is 19.7 Å². The van der Waals surface area contributed by atoms with Crippen molar-refractivity contribution in [2.45, 2.75) is 99.5 Å². The van der Waals surface area contributed by atoms with Crippen molar-refractivity contribution < 1.29 is 32.7 Å². The summed E-state index contributed by atoms with van der Waals surface area (Å²) in [6, 6.07) is -0.795. The summed E-state index contributed by atoms with van der Waals surface area (Å²) in [5, 5.41) is 7.24. The van der Waals surface area contributed by atoms with E-state index in [-0.39, 0.29) is 37.6 Å². The molecule has 1 aliphatic carbocycles. The molecule has 0 aliphatic heterocycles. The lowest BCUT2D eigenvalue weighted by Gasteiger charge is -2.36. The van der Waals surface area contributed by atoms with Crippen LogP contribution >= 0.6 is 7.60 Å². The van der Waals surface area contributed by atoms with E-state index in [1.165, 1.54) is 0 Å². The van der Waals surface area contributed by atoms with Gasteiger partial charge in [0.25, 0.3) is 0 Å². The van der Waals surface area contributed by atoms with Crippen LogP contribution in [0.5, 0.6) is 0 Å². The highest BCUT2D eigenvalue weighted by atomic mass is 31.2. The lowest BCUT2D eigenvalue weighted by Crippen LogP contribution is -2.50. The molecule has 0 saturated heterocycles. The minimum Gasteiger partial charge on any atom is -0.465 e. The summed E-state index contributed by atoms with van der Waals surface area (Å²) in [7, 11) is -3.81. The Balaban J connectivity index is 3.15. The van der Waals surface area contributed by atoms with Crippen molar-refractivity contribution >= 4 is 25.4 Å². The van der Waals surface area contributed by atoms with Crippen LogP contribution in [-0.4, -0.2) is 55.5 Å². The lowest BCUT2D eigenvalue weighted by molar-refractivity contribution is -0.146. The number of nitrogens with zero attached hydrogens (tertiary/aromatic N) is 1. The van der Waals surface area contributed by atoms with Gasteiger partial charge < -0.3 is 18.5 Å². The number of nitrogens with one attached hydrogen (secondary N) is 2. The van der Waals surface area contributed by atoms with Crippen LogP contribution < -0.4 is 10.7 Å². The summed E-state index contributed by atoms with van der Waals surface area (Å²) in [6.45, 7) is 17.3. The molecule has 210 valence electrons. The maximum Gasteiger partial charge on any atom is 0.428 e. The highest BCUT2D eigenvalue weighted by molar-refractivity contribution is 7.55. The molecular formula is C25H48N3O7P. The molecule has 36 heavy (non-hydrogen) atoms. The fourth-order valence-electron chi connectivity index (χ4n) is 4.53. The Hall–Kier alpha value is -1.48. The fourth-order valence-corrected chi connectivity index (χ4v) is 6.48. The molecule has 1 fully saturated rings. The third kappa shape index (κ3) is 9.77. The van der Waals surface area contributed by atoms with Crippen LogP contribution in [0.4, 0.5) is 4.79 Å². The van der Waals surface area contributed by atoms with Gasteiger partial charge in [-0.15, -0.1) is 0 Å². The van der Waals surface area contributed by atoms with Gasteiger partial charge in [-0.1, -0.05) is 41.0 Å². The van der Waals surface area contributed by atoms with Gasteiger partial charge in [0.15, 0.2) is 5.78 Å². The van der Waals surface area contributed by atoms with Gasteiger partial charge in [0, 0.05) is 0 Å². The van der Waals surface area contributed by atoms with E-state index < -0.39 is 31.5 Å². The van der Waals surface area contributed by atoms with E-state index in [1.807, 2.05) is 13.8 Å². The van der Waals surface area contributed by atoms with E-state index in [4.69, 9.17) is 18.5 Å². The number of carbonyl (C=O) groups excluding carboxylic acids is 2. The van der Waals surface area contributed by atoms with Crippen molar-refractivity contribution in [1.82, 2.24) is 10.7 Å². The maximum atomic E-state index is 13.7. The van der Waals surface area contributed by atoms with E-state index in [0.717, 1.165) is 19.3 Å². The van der Waals surface area contributed by atoms with Crippen molar-refractivity contribution in [2.75, 3.05) is 19.8 Å². The van der Waals surface area contributed by atoms with E-state index in [9.17, 15) is 14.2 Å². The molecule has 0 bridgehead atoms. The average molecular weight is 534 g/mol. The number of hydrogen-bond donors (Lipinski definition) is 2. The number of hydrazone groups is 1. The zero-order chi connectivity index (χ0) is 27.5. The number of amides is 1. The minimum absolute atomic E-state index is 0.125. The van der Waals surface area contributed by atoms with Gasteiger partial charge in [-0.3, -0.25) is 14.7 Å². The normalized spacial score (nSPS) is 22.9. The highest BCUT2D eigenvalue weighted by Gasteiger charge is 2.42. The van der Waals surface area contributed by atoms with Crippen LogP contribution in [0.15, 0.2) is 5.10 Å². The van der Waals surface area contributed by atoms with Crippen LogP contribution in [0.1, 0.15) is 81.6 Å². The molecule has 11 heteroatoms. The predicted octanol–water partition coefficient (Wildman–Crippen LogP) is 5.32.